The van der Waals surface area contributed by atoms with E-state index in [2.05, 4.69) is 70.9 Å². The fourth-order valence-corrected chi connectivity index (χ4v) is 4.55. The van der Waals surface area contributed by atoms with Crippen LogP contribution < -0.4 is 11.1 Å². The summed E-state index contributed by atoms with van der Waals surface area (Å²) in [4.78, 5) is 15.1. The SMILES string of the molecule is Nc1cc(Cl)ccc1C(=O)NCC1CCN(C(c2ccccc2)c2ccccc2)CC1. The molecule has 0 aromatic heterocycles. The van der Waals surface area contributed by atoms with Crippen molar-refractivity contribution in [2.45, 2.75) is 18.9 Å². The lowest BCUT2D eigenvalue weighted by Gasteiger charge is -2.38. The molecule has 4 rings (SSSR count). The van der Waals surface area contributed by atoms with Crippen molar-refractivity contribution in [1.82, 2.24) is 10.2 Å². The Bertz CT molecular complexity index is 962. The van der Waals surface area contributed by atoms with Crippen LogP contribution >= 0.6 is 11.6 Å². The maximum Gasteiger partial charge on any atom is 0.253 e. The second-order valence-electron chi connectivity index (χ2n) is 8.14. The number of amides is 1. The third-order valence-electron chi connectivity index (χ3n) is 6.05. The normalized spacial score (nSPS) is 15.2. The smallest absolute Gasteiger partial charge is 0.253 e. The van der Waals surface area contributed by atoms with Gasteiger partial charge in [-0.3, -0.25) is 9.69 Å². The molecule has 0 atom stereocenters. The fraction of sp³-hybridized carbons (Fsp3) is 0.269. The van der Waals surface area contributed by atoms with Crippen molar-refractivity contribution in [3.8, 4) is 0 Å². The Morgan fingerprint density at radius 3 is 2.10 bits per heavy atom. The molecule has 0 unspecified atom stereocenters. The molecule has 4 nitrogen and oxygen atoms in total. The standard InChI is InChI=1S/C26H28ClN3O/c27-22-11-12-23(24(28)17-22)26(31)29-18-19-13-15-30(16-14-19)25(20-7-3-1-4-8-20)21-9-5-2-6-10-21/h1-12,17,19,25H,13-16,18,28H2,(H,29,31). The number of halogens is 1. The van der Waals surface area contributed by atoms with Gasteiger partial charge in [-0.1, -0.05) is 72.3 Å². The lowest BCUT2D eigenvalue weighted by atomic mass is 9.91. The van der Waals surface area contributed by atoms with E-state index in [0.717, 1.165) is 25.9 Å². The van der Waals surface area contributed by atoms with E-state index >= 15 is 0 Å². The fourth-order valence-electron chi connectivity index (χ4n) is 4.37. The summed E-state index contributed by atoms with van der Waals surface area (Å²) in [7, 11) is 0. The third kappa shape index (κ3) is 5.27. The quantitative estimate of drug-likeness (QED) is 0.528. The molecule has 0 saturated carbocycles. The first-order valence-electron chi connectivity index (χ1n) is 10.8. The van der Waals surface area contributed by atoms with Crippen LogP contribution in [0.2, 0.25) is 5.02 Å². The average Bonchev–Trinajstić information content (AvgIpc) is 2.80. The number of rotatable bonds is 6. The van der Waals surface area contributed by atoms with Crippen molar-refractivity contribution < 1.29 is 4.79 Å². The first-order chi connectivity index (χ1) is 15.1. The van der Waals surface area contributed by atoms with E-state index in [-0.39, 0.29) is 11.9 Å². The lowest BCUT2D eigenvalue weighted by Crippen LogP contribution is -2.40. The summed E-state index contributed by atoms with van der Waals surface area (Å²) in [6.45, 7) is 2.66. The summed E-state index contributed by atoms with van der Waals surface area (Å²) in [5.74, 6) is 0.323. The number of benzene rings is 3. The van der Waals surface area contributed by atoms with Crippen molar-refractivity contribution in [2.24, 2.45) is 5.92 Å². The predicted molar refractivity (Wildman–Crippen MR) is 127 cm³/mol. The lowest BCUT2D eigenvalue weighted by molar-refractivity contribution is 0.0931. The Balaban J connectivity index is 1.37. The topological polar surface area (TPSA) is 58.4 Å². The molecule has 1 amide bonds. The molecule has 0 aliphatic carbocycles. The van der Waals surface area contributed by atoms with Crippen LogP contribution in [-0.4, -0.2) is 30.4 Å². The molecule has 0 bridgehead atoms. The number of carbonyl (C=O) groups is 1. The summed E-state index contributed by atoms with van der Waals surface area (Å²) >= 11 is 5.93. The number of nitrogens with zero attached hydrogens (tertiary/aromatic N) is 1. The minimum absolute atomic E-state index is 0.136. The molecule has 31 heavy (non-hydrogen) atoms. The van der Waals surface area contributed by atoms with Gasteiger partial charge in [-0.15, -0.1) is 0 Å². The van der Waals surface area contributed by atoms with Gasteiger partial charge < -0.3 is 11.1 Å². The Kier molecular flexibility index (Phi) is 6.90. The van der Waals surface area contributed by atoms with Gasteiger partial charge in [0.1, 0.15) is 0 Å². The van der Waals surface area contributed by atoms with Gasteiger partial charge in [0.15, 0.2) is 0 Å². The number of nitrogen functional groups attached to an aromatic ring is 1. The summed E-state index contributed by atoms with van der Waals surface area (Å²) in [6, 6.07) is 26.6. The third-order valence-corrected chi connectivity index (χ3v) is 6.29. The highest BCUT2D eigenvalue weighted by molar-refractivity contribution is 6.31. The van der Waals surface area contributed by atoms with Crippen LogP contribution in [0.1, 0.15) is 40.4 Å². The van der Waals surface area contributed by atoms with Crippen LogP contribution in [0.5, 0.6) is 0 Å². The predicted octanol–water partition coefficient (Wildman–Crippen LogP) is 5.15. The van der Waals surface area contributed by atoms with E-state index in [1.807, 2.05) is 0 Å². The summed E-state index contributed by atoms with van der Waals surface area (Å²) in [5, 5.41) is 3.59. The van der Waals surface area contributed by atoms with Gasteiger partial charge in [0.2, 0.25) is 0 Å². The highest BCUT2D eigenvalue weighted by Crippen LogP contribution is 2.32. The van der Waals surface area contributed by atoms with Crippen molar-refractivity contribution in [2.75, 3.05) is 25.4 Å². The van der Waals surface area contributed by atoms with Gasteiger partial charge in [0, 0.05) is 17.3 Å². The van der Waals surface area contributed by atoms with Crippen LogP contribution in [-0.2, 0) is 0 Å². The maximum atomic E-state index is 12.5. The highest BCUT2D eigenvalue weighted by Gasteiger charge is 2.27. The van der Waals surface area contributed by atoms with Crippen molar-refractivity contribution in [3.05, 3.63) is 101 Å². The van der Waals surface area contributed by atoms with Gasteiger partial charge in [0.05, 0.1) is 11.6 Å². The number of hydrogen-bond donors (Lipinski definition) is 2. The number of nitrogens with two attached hydrogens (primary N) is 1. The minimum atomic E-state index is -0.136. The number of piperidine rings is 1. The molecule has 1 aliphatic heterocycles. The van der Waals surface area contributed by atoms with Gasteiger partial charge in [-0.05, 0) is 61.2 Å². The average molecular weight is 434 g/mol. The van der Waals surface area contributed by atoms with E-state index < -0.39 is 0 Å². The van der Waals surface area contributed by atoms with Gasteiger partial charge in [-0.2, -0.15) is 0 Å². The summed E-state index contributed by atoms with van der Waals surface area (Å²) < 4.78 is 0. The van der Waals surface area contributed by atoms with Crippen molar-refractivity contribution >= 4 is 23.2 Å². The molecule has 1 saturated heterocycles. The molecule has 3 aromatic carbocycles. The molecule has 1 aliphatic rings. The second-order valence-corrected chi connectivity index (χ2v) is 8.58. The van der Waals surface area contributed by atoms with Crippen LogP contribution in [0.25, 0.3) is 0 Å². The number of likely N-dealkylation sites (tertiary alicyclic amines) is 1. The van der Waals surface area contributed by atoms with E-state index in [1.54, 1.807) is 18.2 Å². The second kappa shape index (κ2) is 9.99. The Morgan fingerprint density at radius 2 is 1.55 bits per heavy atom. The Labute approximate surface area is 189 Å². The zero-order valence-electron chi connectivity index (χ0n) is 17.5. The van der Waals surface area contributed by atoms with E-state index in [1.165, 1.54) is 11.1 Å². The van der Waals surface area contributed by atoms with Crippen LogP contribution in [0.3, 0.4) is 0 Å². The monoisotopic (exact) mass is 433 g/mol. The van der Waals surface area contributed by atoms with Crippen LogP contribution in [0.15, 0.2) is 78.9 Å². The molecule has 3 N–H and O–H groups in total. The van der Waals surface area contributed by atoms with Crippen molar-refractivity contribution in [1.29, 1.82) is 0 Å². The number of nitrogens with one attached hydrogen (secondary N) is 1. The highest BCUT2D eigenvalue weighted by atomic mass is 35.5. The molecule has 1 fully saturated rings. The van der Waals surface area contributed by atoms with E-state index in [0.29, 0.717) is 28.7 Å². The first-order valence-corrected chi connectivity index (χ1v) is 11.2. The minimum Gasteiger partial charge on any atom is -0.398 e. The first kappa shape index (κ1) is 21.4. The number of hydrogen-bond acceptors (Lipinski definition) is 3. The summed E-state index contributed by atoms with van der Waals surface area (Å²) in [5.41, 5.74) is 9.47. The molecular formula is C26H28ClN3O. The van der Waals surface area contributed by atoms with Gasteiger partial charge in [0.25, 0.3) is 5.91 Å². The van der Waals surface area contributed by atoms with E-state index in [4.69, 9.17) is 17.3 Å². The zero-order valence-corrected chi connectivity index (χ0v) is 18.3. The van der Waals surface area contributed by atoms with Crippen LogP contribution in [0, 0.1) is 5.92 Å². The van der Waals surface area contributed by atoms with Gasteiger partial charge in [-0.25, -0.2) is 0 Å². The molecule has 1 heterocycles. The summed E-state index contributed by atoms with van der Waals surface area (Å²) in [6.07, 6.45) is 2.10. The van der Waals surface area contributed by atoms with E-state index in [9.17, 15) is 4.79 Å². The van der Waals surface area contributed by atoms with Gasteiger partial charge >= 0.3 is 0 Å². The number of anilines is 1. The molecular weight excluding hydrogens is 406 g/mol. The molecule has 3 aromatic rings. The largest absolute Gasteiger partial charge is 0.398 e. The number of carbonyl (C=O) groups excluding carboxylic acids is 1. The molecule has 160 valence electrons. The van der Waals surface area contributed by atoms with Crippen LogP contribution in [0.4, 0.5) is 5.69 Å². The Morgan fingerprint density at radius 1 is 0.968 bits per heavy atom. The van der Waals surface area contributed by atoms with Crippen molar-refractivity contribution in [3.63, 3.8) is 0 Å². The molecule has 5 heteroatoms. The maximum absolute atomic E-state index is 12.5. The molecule has 0 spiro atoms. The molecule has 0 radical (unpaired) electrons. The zero-order chi connectivity index (χ0) is 21.6. The Hall–Kier alpha value is -2.82.